The molecule has 0 aliphatic carbocycles. The molecular formula is C9H9I2NO3. The van der Waals surface area contributed by atoms with Crippen molar-refractivity contribution in [3.8, 4) is 5.75 Å². The van der Waals surface area contributed by atoms with Gasteiger partial charge in [0.2, 0.25) is 0 Å². The van der Waals surface area contributed by atoms with Crippen LogP contribution in [0, 0.1) is 7.14 Å². The van der Waals surface area contributed by atoms with Gasteiger partial charge in [0.1, 0.15) is 11.8 Å². The number of benzene rings is 1. The maximum atomic E-state index is 10.6. The van der Waals surface area contributed by atoms with E-state index in [1.165, 1.54) is 0 Å². The summed E-state index contributed by atoms with van der Waals surface area (Å²) in [6.45, 7) is 0. The minimum Gasteiger partial charge on any atom is -0.508 e. The van der Waals surface area contributed by atoms with Gasteiger partial charge in [-0.2, -0.15) is 0 Å². The Morgan fingerprint density at radius 3 is 2.27 bits per heavy atom. The molecule has 0 saturated carbocycles. The quantitative estimate of drug-likeness (QED) is 0.633. The molecule has 0 amide bonds. The number of phenols is 1. The molecule has 1 rings (SSSR count). The second kappa shape index (κ2) is 5.30. The minimum atomic E-state index is -1.02. The Labute approximate surface area is 114 Å². The highest BCUT2D eigenvalue weighted by atomic mass is 127. The SMILES string of the molecule is N[C@@H](Cc1c(I)cc(O)cc1I)C(=O)O. The zero-order valence-corrected chi connectivity index (χ0v) is 11.9. The van der Waals surface area contributed by atoms with Crippen molar-refractivity contribution in [3.63, 3.8) is 0 Å². The number of aliphatic carboxylic acids is 1. The van der Waals surface area contributed by atoms with Crippen molar-refractivity contribution in [3.05, 3.63) is 24.8 Å². The average molecular weight is 433 g/mol. The number of carboxylic acid groups (broad SMARTS) is 1. The van der Waals surface area contributed by atoms with E-state index in [9.17, 15) is 9.90 Å². The first-order valence-corrected chi connectivity index (χ1v) is 6.23. The van der Waals surface area contributed by atoms with Gasteiger partial charge in [0.25, 0.3) is 0 Å². The van der Waals surface area contributed by atoms with Crippen molar-refractivity contribution in [1.29, 1.82) is 0 Å². The lowest BCUT2D eigenvalue weighted by molar-refractivity contribution is -0.138. The van der Waals surface area contributed by atoms with Crippen LogP contribution in [0.5, 0.6) is 5.75 Å². The van der Waals surface area contributed by atoms with Crippen molar-refractivity contribution >= 4 is 51.2 Å². The number of hydrogen-bond donors (Lipinski definition) is 3. The maximum absolute atomic E-state index is 10.6. The predicted molar refractivity (Wildman–Crippen MR) is 72.9 cm³/mol. The van der Waals surface area contributed by atoms with Crippen molar-refractivity contribution in [2.24, 2.45) is 5.73 Å². The first-order valence-electron chi connectivity index (χ1n) is 4.07. The molecule has 4 nitrogen and oxygen atoms in total. The van der Waals surface area contributed by atoms with Crippen LogP contribution in [0.3, 0.4) is 0 Å². The predicted octanol–water partition coefficient (Wildman–Crippen LogP) is 1.56. The number of halogens is 2. The summed E-state index contributed by atoms with van der Waals surface area (Å²) < 4.78 is 1.66. The Morgan fingerprint density at radius 2 is 1.87 bits per heavy atom. The molecule has 1 atom stereocenters. The van der Waals surface area contributed by atoms with E-state index < -0.39 is 12.0 Å². The molecule has 0 fully saturated rings. The van der Waals surface area contributed by atoms with E-state index >= 15 is 0 Å². The van der Waals surface area contributed by atoms with Gasteiger partial charge in [0.15, 0.2) is 0 Å². The number of carboxylic acids is 1. The Balaban J connectivity index is 3.00. The van der Waals surface area contributed by atoms with Crippen LogP contribution in [0.2, 0.25) is 0 Å². The Kier molecular flexibility index (Phi) is 4.59. The van der Waals surface area contributed by atoms with E-state index in [-0.39, 0.29) is 12.2 Å². The molecule has 0 heterocycles. The van der Waals surface area contributed by atoms with Crippen LogP contribution in [0.1, 0.15) is 5.56 Å². The van der Waals surface area contributed by atoms with E-state index in [1.807, 2.05) is 0 Å². The molecule has 82 valence electrons. The van der Waals surface area contributed by atoms with Gasteiger partial charge in [-0.1, -0.05) is 0 Å². The lowest BCUT2D eigenvalue weighted by atomic mass is 10.1. The fraction of sp³-hybridized carbons (Fsp3) is 0.222. The van der Waals surface area contributed by atoms with Gasteiger partial charge < -0.3 is 15.9 Å². The number of carbonyl (C=O) groups is 1. The van der Waals surface area contributed by atoms with Gasteiger partial charge in [-0.3, -0.25) is 4.79 Å². The number of hydrogen-bond acceptors (Lipinski definition) is 3. The molecule has 1 aromatic carbocycles. The molecule has 15 heavy (non-hydrogen) atoms. The van der Waals surface area contributed by atoms with Crippen LogP contribution < -0.4 is 5.73 Å². The van der Waals surface area contributed by atoms with Crippen LogP contribution in [0.25, 0.3) is 0 Å². The molecule has 0 aromatic heterocycles. The van der Waals surface area contributed by atoms with Crippen molar-refractivity contribution in [2.75, 3.05) is 0 Å². The molecule has 0 aliphatic rings. The summed E-state index contributed by atoms with van der Waals surface area (Å²) in [4.78, 5) is 10.6. The molecule has 0 aliphatic heterocycles. The van der Waals surface area contributed by atoms with Crippen molar-refractivity contribution in [2.45, 2.75) is 12.5 Å². The summed E-state index contributed by atoms with van der Waals surface area (Å²) in [6, 6.07) is 2.27. The molecule has 0 unspecified atom stereocenters. The number of nitrogens with two attached hydrogens (primary N) is 1. The number of rotatable bonds is 3. The molecule has 1 aromatic rings. The topological polar surface area (TPSA) is 83.5 Å². The zero-order chi connectivity index (χ0) is 11.6. The van der Waals surface area contributed by atoms with Gasteiger partial charge >= 0.3 is 5.97 Å². The number of aromatic hydroxyl groups is 1. The maximum Gasteiger partial charge on any atom is 0.320 e. The van der Waals surface area contributed by atoms with E-state index in [0.717, 1.165) is 12.7 Å². The molecule has 0 spiro atoms. The third-order valence-corrected chi connectivity index (χ3v) is 3.79. The van der Waals surface area contributed by atoms with Crippen molar-refractivity contribution in [1.82, 2.24) is 0 Å². The second-order valence-electron chi connectivity index (χ2n) is 3.04. The Bertz CT molecular complexity index is 372. The van der Waals surface area contributed by atoms with Crippen LogP contribution in [-0.4, -0.2) is 22.2 Å². The fourth-order valence-electron chi connectivity index (χ4n) is 1.09. The zero-order valence-electron chi connectivity index (χ0n) is 7.58. The standard InChI is InChI=1S/C9H9I2NO3/c10-6-1-4(13)2-7(11)5(6)3-8(12)9(14)15/h1-2,8,13H,3,12H2,(H,14,15)/t8-/m0/s1. The summed E-state index contributed by atoms with van der Waals surface area (Å²) in [5.74, 6) is -0.842. The third-order valence-electron chi connectivity index (χ3n) is 1.87. The van der Waals surface area contributed by atoms with Gasteiger partial charge in [0, 0.05) is 13.6 Å². The normalized spacial score (nSPS) is 12.5. The van der Waals surface area contributed by atoms with Gasteiger partial charge in [0.05, 0.1) is 0 Å². The highest BCUT2D eigenvalue weighted by molar-refractivity contribution is 14.1. The van der Waals surface area contributed by atoms with Gasteiger partial charge in [-0.15, -0.1) is 0 Å². The van der Waals surface area contributed by atoms with Gasteiger partial charge in [-0.25, -0.2) is 0 Å². The highest BCUT2D eigenvalue weighted by Crippen LogP contribution is 2.25. The minimum absolute atomic E-state index is 0.177. The lowest BCUT2D eigenvalue weighted by Gasteiger charge is -2.11. The van der Waals surface area contributed by atoms with Gasteiger partial charge in [-0.05, 0) is 62.9 Å². The van der Waals surface area contributed by atoms with E-state index in [4.69, 9.17) is 10.8 Å². The van der Waals surface area contributed by atoms with Crippen LogP contribution in [-0.2, 0) is 11.2 Å². The van der Waals surface area contributed by atoms with E-state index in [2.05, 4.69) is 45.2 Å². The average Bonchev–Trinajstić information content (AvgIpc) is 2.10. The highest BCUT2D eigenvalue weighted by Gasteiger charge is 2.16. The third kappa shape index (κ3) is 3.45. The lowest BCUT2D eigenvalue weighted by Crippen LogP contribution is -2.32. The monoisotopic (exact) mass is 433 g/mol. The molecular weight excluding hydrogens is 424 g/mol. The first-order chi connectivity index (χ1) is 6.91. The number of phenolic OH excluding ortho intramolecular Hbond substituents is 1. The molecule has 0 radical (unpaired) electrons. The summed E-state index contributed by atoms with van der Waals surface area (Å²) in [7, 11) is 0. The summed E-state index contributed by atoms with van der Waals surface area (Å²) in [6.07, 6.45) is 0.270. The van der Waals surface area contributed by atoms with Crippen LogP contribution in [0.4, 0.5) is 0 Å². The molecule has 6 heteroatoms. The Morgan fingerprint density at radius 1 is 1.40 bits per heavy atom. The van der Waals surface area contributed by atoms with Crippen LogP contribution >= 0.6 is 45.2 Å². The smallest absolute Gasteiger partial charge is 0.320 e. The summed E-state index contributed by atoms with van der Waals surface area (Å²) in [5, 5.41) is 18.0. The first kappa shape index (κ1) is 13.0. The molecule has 4 N–H and O–H groups in total. The van der Waals surface area contributed by atoms with Crippen molar-refractivity contribution < 1.29 is 15.0 Å². The second-order valence-corrected chi connectivity index (χ2v) is 5.36. The van der Waals surface area contributed by atoms with Crippen LogP contribution in [0.15, 0.2) is 12.1 Å². The summed E-state index contributed by atoms with van der Waals surface area (Å²) in [5.41, 5.74) is 6.32. The Hall–Kier alpha value is -0.0900. The fourth-order valence-corrected chi connectivity index (χ4v) is 3.27. The molecule has 0 bridgehead atoms. The van der Waals surface area contributed by atoms with E-state index in [1.54, 1.807) is 12.1 Å². The largest absolute Gasteiger partial charge is 0.508 e. The summed E-state index contributed by atoms with van der Waals surface area (Å²) >= 11 is 4.11. The van der Waals surface area contributed by atoms with E-state index in [0.29, 0.717) is 0 Å². The molecule has 0 saturated heterocycles.